The van der Waals surface area contributed by atoms with Gasteiger partial charge in [-0.05, 0) is 48.4 Å². The van der Waals surface area contributed by atoms with Crippen LogP contribution in [0.2, 0.25) is 0 Å². The minimum atomic E-state index is -4.42. The molecule has 0 bridgehead atoms. The van der Waals surface area contributed by atoms with Gasteiger partial charge in [-0.3, -0.25) is 4.79 Å². The fourth-order valence-corrected chi connectivity index (χ4v) is 5.36. The zero-order valence-electron chi connectivity index (χ0n) is 16.0. The molecule has 0 aromatic heterocycles. The van der Waals surface area contributed by atoms with Crippen molar-refractivity contribution in [1.29, 1.82) is 0 Å². The molecule has 0 aliphatic carbocycles. The molecule has 1 fully saturated rings. The number of nitrogens with zero attached hydrogens (tertiary/aromatic N) is 3. The molecule has 0 atom stereocenters. The van der Waals surface area contributed by atoms with Crippen molar-refractivity contribution >= 4 is 27.8 Å². The fourth-order valence-electron chi connectivity index (χ4n) is 3.89. The average Bonchev–Trinajstić information content (AvgIpc) is 3.16. The maximum absolute atomic E-state index is 13.0. The Morgan fingerprint density at radius 2 is 1.67 bits per heavy atom. The van der Waals surface area contributed by atoms with Crippen molar-refractivity contribution in [2.45, 2.75) is 17.5 Å². The van der Waals surface area contributed by atoms with Crippen LogP contribution in [-0.2, 0) is 27.4 Å². The Morgan fingerprint density at radius 1 is 0.933 bits per heavy atom. The number of alkyl halides is 3. The monoisotopic (exact) mass is 439 g/mol. The topological polar surface area (TPSA) is 60.9 Å². The minimum Gasteiger partial charge on any atom is -0.369 e. The van der Waals surface area contributed by atoms with Crippen molar-refractivity contribution in [2.24, 2.45) is 0 Å². The second-order valence-corrected chi connectivity index (χ2v) is 9.22. The van der Waals surface area contributed by atoms with Crippen LogP contribution in [0.4, 0.5) is 24.5 Å². The van der Waals surface area contributed by atoms with E-state index in [1.54, 1.807) is 28.0 Å². The van der Waals surface area contributed by atoms with E-state index in [1.807, 2.05) is 0 Å². The van der Waals surface area contributed by atoms with Crippen molar-refractivity contribution in [3.63, 3.8) is 0 Å². The van der Waals surface area contributed by atoms with Crippen LogP contribution in [0.3, 0.4) is 0 Å². The molecule has 0 N–H and O–H groups in total. The second kappa shape index (κ2) is 7.59. The van der Waals surface area contributed by atoms with Gasteiger partial charge in [0.15, 0.2) is 0 Å². The molecule has 4 rings (SSSR count). The van der Waals surface area contributed by atoms with E-state index in [-0.39, 0.29) is 18.0 Å². The van der Waals surface area contributed by atoms with Crippen molar-refractivity contribution in [1.82, 2.24) is 4.31 Å². The molecule has 2 aromatic rings. The molecule has 0 unspecified atom stereocenters. The maximum atomic E-state index is 13.0. The number of carbonyl (C=O) groups excluding carboxylic acids is 1. The Kier molecular flexibility index (Phi) is 5.23. The number of hydrogen-bond donors (Lipinski definition) is 0. The average molecular weight is 439 g/mol. The number of halogens is 3. The maximum Gasteiger partial charge on any atom is 0.416 e. The lowest BCUT2D eigenvalue weighted by atomic mass is 10.1. The molecular formula is C20H20F3N3O3S. The predicted molar refractivity (Wildman–Crippen MR) is 106 cm³/mol. The highest BCUT2D eigenvalue weighted by atomic mass is 32.2. The lowest BCUT2D eigenvalue weighted by molar-refractivity contribution is -0.137. The molecule has 2 aliphatic heterocycles. The van der Waals surface area contributed by atoms with E-state index in [1.165, 1.54) is 16.4 Å². The fraction of sp³-hybridized carbons (Fsp3) is 0.350. The molecule has 0 radical (unpaired) electrons. The van der Waals surface area contributed by atoms with Crippen LogP contribution < -0.4 is 9.80 Å². The van der Waals surface area contributed by atoms with Gasteiger partial charge in [-0.25, -0.2) is 8.42 Å². The number of amides is 1. The smallest absolute Gasteiger partial charge is 0.369 e. The molecule has 2 aliphatic rings. The molecule has 2 aromatic carbocycles. The summed E-state index contributed by atoms with van der Waals surface area (Å²) in [6, 6.07) is 9.80. The molecule has 10 heteroatoms. The van der Waals surface area contributed by atoms with Gasteiger partial charge < -0.3 is 9.80 Å². The van der Waals surface area contributed by atoms with Gasteiger partial charge in [0.1, 0.15) is 0 Å². The number of sulfonamides is 1. The lowest BCUT2D eigenvalue weighted by Gasteiger charge is -2.35. The van der Waals surface area contributed by atoms with Crippen LogP contribution in [0.5, 0.6) is 0 Å². The van der Waals surface area contributed by atoms with Crippen molar-refractivity contribution < 1.29 is 26.4 Å². The van der Waals surface area contributed by atoms with Gasteiger partial charge in [-0.1, -0.05) is 6.07 Å². The molecule has 1 amide bonds. The number of piperazine rings is 1. The first-order valence-electron chi connectivity index (χ1n) is 9.47. The second-order valence-electron chi connectivity index (χ2n) is 7.28. The summed E-state index contributed by atoms with van der Waals surface area (Å²) in [7, 11) is -3.73. The molecule has 1 saturated heterocycles. The Balaban J connectivity index is 1.48. The van der Waals surface area contributed by atoms with Crippen molar-refractivity contribution in [3.8, 4) is 0 Å². The summed E-state index contributed by atoms with van der Waals surface area (Å²) in [4.78, 5) is 14.5. The number of fused-ring (bicyclic) bond motifs is 1. The number of anilines is 2. The Labute approximate surface area is 172 Å². The largest absolute Gasteiger partial charge is 0.416 e. The molecule has 30 heavy (non-hydrogen) atoms. The predicted octanol–water partition coefficient (Wildman–Crippen LogP) is 2.74. The molecular weight excluding hydrogens is 419 g/mol. The Hall–Kier alpha value is -2.59. The van der Waals surface area contributed by atoms with E-state index in [9.17, 15) is 26.4 Å². The third-order valence-electron chi connectivity index (χ3n) is 5.52. The van der Waals surface area contributed by atoms with Gasteiger partial charge in [0.25, 0.3) is 0 Å². The number of carbonyl (C=O) groups is 1. The third kappa shape index (κ3) is 3.77. The first-order chi connectivity index (χ1) is 14.2. The van der Waals surface area contributed by atoms with Gasteiger partial charge in [0.05, 0.1) is 10.5 Å². The normalized spacial score (nSPS) is 17.8. The van der Waals surface area contributed by atoms with E-state index in [2.05, 4.69) is 0 Å². The number of benzene rings is 2. The highest BCUT2D eigenvalue weighted by molar-refractivity contribution is 7.89. The molecule has 0 spiro atoms. The van der Waals surface area contributed by atoms with E-state index in [0.29, 0.717) is 31.7 Å². The standard InChI is InChI=1S/C20H20F3N3O3S/c21-20(22,23)16-2-1-3-17(13-16)24-8-10-26(11-9-24)30(28,29)18-4-5-19-15(12-18)6-7-25(19)14-27/h1-5,12-14H,6-11H2. The summed E-state index contributed by atoms with van der Waals surface area (Å²) < 4.78 is 66.3. The minimum absolute atomic E-state index is 0.168. The van der Waals surface area contributed by atoms with E-state index in [0.717, 1.165) is 29.8 Å². The molecule has 2 heterocycles. The van der Waals surface area contributed by atoms with Crippen LogP contribution in [-0.4, -0.2) is 51.9 Å². The highest BCUT2D eigenvalue weighted by Crippen LogP contribution is 2.33. The zero-order chi connectivity index (χ0) is 21.5. The first kappa shape index (κ1) is 20.7. The van der Waals surface area contributed by atoms with E-state index >= 15 is 0 Å². The summed E-state index contributed by atoms with van der Waals surface area (Å²) >= 11 is 0. The van der Waals surface area contributed by atoms with Gasteiger partial charge in [0.2, 0.25) is 16.4 Å². The molecule has 0 saturated carbocycles. The highest BCUT2D eigenvalue weighted by Gasteiger charge is 2.33. The van der Waals surface area contributed by atoms with Crippen LogP contribution in [0.25, 0.3) is 0 Å². The number of rotatable bonds is 4. The van der Waals surface area contributed by atoms with Crippen molar-refractivity contribution in [3.05, 3.63) is 53.6 Å². The van der Waals surface area contributed by atoms with E-state index in [4.69, 9.17) is 0 Å². The van der Waals surface area contributed by atoms with Crippen LogP contribution in [0.15, 0.2) is 47.4 Å². The third-order valence-corrected chi connectivity index (χ3v) is 7.42. The van der Waals surface area contributed by atoms with Gasteiger partial charge in [-0.15, -0.1) is 0 Å². The Morgan fingerprint density at radius 3 is 2.33 bits per heavy atom. The van der Waals surface area contributed by atoms with Crippen LogP contribution >= 0.6 is 0 Å². The summed E-state index contributed by atoms with van der Waals surface area (Å²) in [5, 5.41) is 0. The van der Waals surface area contributed by atoms with Gasteiger partial charge in [-0.2, -0.15) is 17.5 Å². The first-order valence-corrected chi connectivity index (χ1v) is 10.9. The summed E-state index contributed by atoms with van der Waals surface area (Å²) in [6.07, 6.45) is -3.10. The SMILES string of the molecule is O=CN1CCc2cc(S(=O)(=O)N3CCN(c4cccc(C(F)(F)F)c4)CC3)ccc21. The van der Waals surface area contributed by atoms with Gasteiger partial charge in [0, 0.05) is 44.1 Å². The Bertz CT molecular complexity index is 1060. The summed E-state index contributed by atoms with van der Waals surface area (Å²) in [6.45, 7) is 1.47. The van der Waals surface area contributed by atoms with Crippen LogP contribution in [0, 0.1) is 0 Å². The number of hydrogen-bond acceptors (Lipinski definition) is 4. The van der Waals surface area contributed by atoms with Crippen LogP contribution in [0.1, 0.15) is 11.1 Å². The zero-order valence-corrected chi connectivity index (χ0v) is 16.8. The summed E-state index contributed by atoms with van der Waals surface area (Å²) in [5.74, 6) is 0. The van der Waals surface area contributed by atoms with E-state index < -0.39 is 21.8 Å². The molecule has 160 valence electrons. The quantitative estimate of drug-likeness (QED) is 0.688. The van der Waals surface area contributed by atoms with Gasteiger partial charge >= 0.3 is 6.18 Å². The summed E-state index contributed by atoms with van der Waals surface area (Å²) in [5.41, 5.74) is 1.23. The lowest BCUT2D eigenvalue weighted by Crippen LogP contribution is -2.48. The molecule has 6 nitrogen and oxygen atoms in total. The van der Waals surface area contributed by atoms with Crippen molar-refractivity contribution in [2.75, 3.05) is 42.5 Å².